The van der Waals surface area contributed by atoms with E-state index in [2.05, 4.69) is 31.0 Å². The molecule has 0 fully saturated rings. The van der Waals surface area contributed by atoms with Crippen LogP contribution in [-0.2, 0) is 28.7 Å². The van der Waals surface area contributed by atoms with Crippen LogP contribution < -0.4 is 10.6 Å². The third-order valence-corrected chi connectivity index (χ3v) is 5.73. The van der Waals surface area contributed by atoms with Gasteiger partial charge >= 0.3 is 6.18 Å². The Balaban J connectivity index is 1.59. The molecule has 3 rings (SSSR count). The van der Waals surface area contributed by atoms with Crippen molar-refractivity contribution < 1.29 is 22.8 Å². The Morgan fingerprint density at radius 1 is 1.12 bits per heavy atom. The smallest absolute Gasteiger partial charge is 0.326 e. The van der Waals surface area contributed by atoms with Gasteiger partial charge in [0.05, 0.1) is 17.7 Å². The van der Waals surface area contributed by atoms with Crippen LogP contribution >= 0.6 is 23.1 Å². The lowest BCUT2D eigenvalue weighted by Gasteiger charge is -2.10. The molecule has 2 N–H and O–H groups in total. The number of amides is 2. The minimum Gasteiger partial charge on any atom is -0.326 e. The van der Waals surface area contributed by atoms with Gasteiger partial charge in [-0.15, -0.1) is 20.4 Å². The number of thioether (sulfide) groups is 1. The Morgan fingerprint density at radius 3 is 2.56 bits per heavy atom. The van der Waals surface area contributed by atoms with Crippen molar-refractivity contribution in [1.82, 2.24) is 25.0 Å². The molecule has 0 unspecified atom stereocenters. The summed E-state index contributed by atoms with van der Waals surface area (Å²) in [5, 5.41) is 22.3. The van der Waals surface area contributed by atoms with E-state index in [9.17, 15) is 22.8 Å². The van der Waals surface area contributed by atoms with Crippen molar-refractivity contribution >= 4 is 45.7 Å². The maximum absolute atomic E-state index is 12.8. The first kappa shape index (κ1) is 23.7. The number of carbonyl (C=O) groups excluding carboxylic acids is 2. The first-order chi connectivity index (χ1) is 15.2. The average Bonchev–Trinajstić information content (AvgIpc) is 3.31. The summed E-state index contributed by atoms with van der Waals surface area (Å²) in [6.45, 7) is 4.04. The van der Waals surface area contributed by atoms with Crippen LogP contribution in [0, 0.1) is 6.92 Å². The van der Waals surface area contributed by atoms with Crippen LogP contribution in [0.15, 0.2) is 29.4 Å². The van der Waals surface area contributed by atoms with Gasteiger partial charge in [0.15, 0.2) is 5.16 Å². The molecule has 2 heterocycles. The van der Waals surface area contributed by atoms with E-state index >= 15 is 0 Å². The van der Waals surface area contributed by atoms with Crippen LogP contribution in [0.3, 0.4) is 0 Å². The Labute approximate surface area is 188 Å². The molecule has 14 heteroatoms. The molecule has 3 aromatic rings. The summed E-state index contributed by atoms with van der Waals surface area (Å²) >= 11 is 2.40. The van der Waals surface area contributed by atoms with Gasteiger partial charge < -0.3 is 9.88 Å². The van der Waals surface area contributed by atoms with Gasteiger partial charge in [-0.3, -0.25) is 14.9 Å². The standard InChI is InChI=1S/C18H18F3N7O2S2/c1-3-28-13(8-14(29)22-12-6-4-5-11(7-12)18(19,20)21)25-27-17(28)31-9-15(30)23-16-26-24-10(2)32-16/h4-7H,3,8-9H2,1-2H3,(H,22,29)(H,23,26,30). The summed E-state index contributed by atoms with van der Waals surface area (Å²) < 4.78 is 40.2. The molecule has 0 aliphatic carbocycles. The van der Waals surface area contributed by atoms with Crippen molar-refractivity contribution in [3.63, 3.8) is 0 Å². The Hall–Kier alpha value is -3.00. The van der Waals surface area contributed by atoms with Crippen molar-refractivity contribution in [1.29, 1.82) is 0 Å². The molecule has 2 aromatic heterocycles. The first-order valence-corrected chi connectivity index (χ1v) is 11.1. The molecule has 0 aliphatic heterocycles. The minimum atomic E-state index is -4.50. The highest BCUT2D eigenvalue weighted by Gasteiger charge is 2.30. The molecule has 2 amide bonds. The highest BCUT2D eigenvalue weighted by molar-refractivity contribution is 7.99. The second-order valence-corrected chi connectivity index (χ2v) is 8.53. The highest BCUT2D eigenvalue weighted by atomic mass is 32.2. The second-order valence-electron chi connectivity index (χ2n) is 6.41. The fourth-order valence-corrected chi connectivity index (χ4v) is 4.06. The molecular formula is C18H18F3N7O2S2. The lowest BCUT2D eigenvalue weighted by atomic mass is 10.2. The summed E-state index contributed by atoms with van der Waals surface area (Å²) in [7, 11) is 0. The molecule has 0 bridgehead atoms. The van der Waals surface area contributed by atoms with Gasteiger partial charge in [-0.2, -0.15) is 13.2 Å². The number of nitrogens with one attached hydrogen (secondary N) is 2. The number of carbonyl (C=O) groups is 2. The molecule has 32 heavy (non-hydrogen) atoms. The van der Waals surface area contributed by atoms with E-state index in [0.29, 0.717) is 22.7 Å². The number of anilines is 2. The van der Waals surface area contributed by atoms with E-state index in [1.54, 1.807) is 11.5 Å². The normalized spacial score (nSPS) is 11.4. The van der Waals surface area contributed by atoms with E-state index in [1.807, 2.05) is 6.92 Å². The molecule has 0 aliphatic rings. The van der Waals surface area contributed by atoms with Gasteiger partial charge in [-0.25, -0.2) is 0 Å². The van der Waals surface area contributed by atoms with E-state index in [4.69, 9.17) is 0 Å². The molecule has 0 atom stereocenters. The highest BCUT2D eigenvalue weighted by Crippen LogP contribution is 2.30. The van der Waals surface area contributed by atoms with E-state index in [1.165, 1.54) is 23.5 Å². The molecule has 0 saturated carbocycles. The van der Waals surface area contributed by atoms with E-state index in [-0.39, 0.29) is 23.8 Å². The van der Waals surface area contributed by atoms with Gasteiger partial charge in [-0.1, -0.05) is 29.2 Å². The average molecular weight is 486 g/mol. The number of hydrogen-bond acceptors (Lipinski definition) is 8. The Morgan fingerprint density at radius 2 is 1.91 bits per heavy atom. The van der Waals surface area contributed by atoms with Gasteiger partial charge in [0.25, 0.3) is 0 Å². The third-order valence-electron chi connectivity index (χ3n) is 4.01. The summed E-state index contributed by atoms with van der Waals surface area (Å²) in [6, 6.07) is 4.38. The summed E-state index contributed by atoms with van der Waals surface area (Å²) in [5.41, 5.74) is -0.821. The van der Waals surface area contributed by atoms with Crippen molar-refractivity contribution in [3.05, 3.63) is 40.7 Å². The molecule has 0 radical (unpaired) electrons. The van der Waals surface area contributed by atoms with Gasteiger partial charge in [-0.05, 0) is 32.0 Å². The molecule has 0 spiro atoms. The Bertz CT molecular complexity index is 1110. The third kappa shape index (κ3) is 6.26. The summed E-state index contributed by atoms with van der Waals surface area (Å²) in [5.74, 6) is -0.444. The SMILES string of the molecule is CCn1c(CC(=O)Nc2cccc(C(F)(F)F)c2)nnc1SCC(=O)Nc1nnc(C)s1. The van der Waals surface area contributed by atoms with Crippen LogP contribution in [-0.4, -0.2) is 42.5 Å². The number of aromatic nitrogens is 5. The monoisotopic (exact) mass is 485 g/mol. The lowest BCUT2D eigenvalue weighted by Crippen LogP contribution is -2.18. The zero-order valence-electron chi connectivity index (χ0n) is 16.9. The van der Waals surface area contributed by atoms with Crippen molar-refractivity contribution in [2.75, 3.05) is 16.4 Å². The Kier molecular flexibility index (Phi) is 7.45. The summed E-state index contributed by atoms with van der Waals surface area (Å²) in [6.07, 6.45) is -4.69. The largest absolute Gasteiger partial charge is 0.416 e. The first-order valence-electron chi connectivity index (χ1n) is 9.27. The molecule has 170 valence electrons. The molecule has 9 nitrogen and oxygen atoms in total. The van der Waals surface area contributed by atoms with E-state index < -0.39 is 17.6 Å². The zero-order valence-corrected chi connectivity index (χ0v) is 18.6. The summed E-state index contributed by atoms with van der Waals surface area (Å²) in [4.78, 5) is 24.4. The maximum Gasteiger partial charge on any atom is 0.416 e. The number of alkyl halides is 3. The van der Waals surface area contributed by atoms with Crippen molar-refractivity contribution in [3.8, 4) is 0 Å². The number of nitrogens with zero attached hydrogens (tertiary/aromatic N) is 5. The van der Waals surface area contributed by atoms with Crippen molar-refractivity contribution in [2.45, 2.75) is 38.1 Å². The topological polar surface area (TPSA) is 115 Å². The van der Waals surface area contributed by atoms with Crippen LogP contribution in [0.1, 0.15) is 23.3 Å². The fourth-order valence-electron chi connectivity index (χ4n) is 2.63. The van der Waals surface area contributed by atoms with Crippen LogP contribution in [0.4, 0.5) is 24.0 Å². The number of halogens is 3. The van der Waals surface area contributed by atoms with Crippen LogP contribution in [0.25, 0.3) is 0 Å². The quantitative estimate of drug-likeness (QED) is 0.470. The second kappa shape index (κ2) is 10.1. The zero-order chi connectivity index (χ0) is 23.3. The number of hydrogen-bond donors (Lipinski definition) is 2. The molecule has 1 aromatic carbocycles. The van der Waals surface area contributed by atoms with Crippen LogP contribution in [0.2, 0.25) is 0 Å². The van der Waals surface area contributed by atoms with Crippen molar-refractivity contribution in [2.24, 2.45) is 0 Å². The maximum atomic E-state index is 12.8. The number of rotatable bonds is 8. The minimum absolute atomic E-state index is 0.0329. The molecule has 0 saturated heterocycles. The predicted octanol–water partition coefficient (Wildman–Crippen LogP) is 3.39. The molecular weight excluding hydrogens is 467 g/mol. The van der Waals surface area contributed by atoms with E-state index in [0.717, 1.165) is 28.9 Å². The number of aryl methyl sites for hydroxylation is 1. The fraction of sp³-hybridized carbons (Fsp3) is 0.333. The lowest BCUT2D eigenvalue weighted by molar-refractivity contribution is -0.137. The van der Waals surface area contributed by atoms with Gasteiger partial charge in [0, 0.05) is 12.2 Å². The predicted molar refractivity (Wildman–Crippen MR) is 113 cm³/mol. The van der Waals surface area contributed by atoms with Gasteiger partial charge in [0.2, 0.25) is 16.9 Å². The number of benzene rings is 1. The van der Waals surface area contributed by atoms with Gasteiger partial charge in [0.1, 0.15) is 10.8 Å². The van der Waals surface area contributed by atoms with Crippen LogP contribution in [0.5, 0.6) is 0 Å².